The van der Waals surface area contributed by atoms with Crippen LogP contribution in [0.25, 0.3) is 0 Å². The number of rotatable bonds is 5. The highest BCUT2D eigenvalue weighted by atomic mass is 32.2. The molecular formula is C16H21N4O2S3+. The van der Waals surface area contributed by atoms with Crippen LogP contribution in [0.5, 0.6) is 0 Å². The smallest absolute Gasteiger partial charge is 0.324 e. The van der Waals surface area contributed by atoms with Gasteiger partial charge in [-0.2, -0.15) is 4.68 Å². The molecule has 2 N–H and O–H groups in total. The predicted octanol–water partition coefficient (Wildman–Crippen LogP) is 1.86. The quantitative estimate of drug-likeness (QED) is 0.593. The standard InChI is InChI=1S/C16H20N4O2S3/c1-11-4-3-5-12(8-11)17-15-18-20(16(23)25-15)10-19-6-7-24-13(9-19)14(21)22-2/h3-5,8,13H,6-7,9-10H2,1-2H3,(H,17,18)/p+1/t13-/m1/s1. The number of carbonyl (C=O) groups is 1. The zero-order chi connectivity index (χ0) is 17.8. The Morgan fingerprint density at radius 1 is 1.56 bits per heavy atom. The Balaban J connectivity index is 1.66. The van der Waals surface area contributed by atoms with Crippen LogP contribution in [0.1, 0.15) is 5.56 Å². The lowest BCUT2D eigenvalue weighted by Gasteiger charge is -2.27. The van der Waals surface area contributed by atoms with Crippen molar-refractivity contribution in [3.8, 4) is 0 Å². The van der Waals surface area contributed by atoms with Gasteiger partial charge < -0.3 is 15.0 Å². The Kier molecular flexibility index (Phi) is 6.10. The average Bonchev–Trinajstić information content (AvgIpc) is 2.93. The summed E-state index contributed by atoms with van der Waals surface area (Å²) in [6.45, 7) is 4.44. The summed E-state index contributed by atoms with van der Waals surface area (Å²) in [5.41, 5.74) is 2.19. The van der Waals surface area contributed by atoms with Crippen LogP contribution in [-0.4, -0.2) is 47.0 Å². The van der Waals surface area contributed by atoms with Crippen molar-refractivity contribution in [3.63, 3.8) is 0 Å². The van der Waals surface area contributed by atoms with E-state index in [0.717, 1.165) is 33.6 Å². The molecule has 0 saturated carbocycles. The van der Waals surface area contributed by atoms with E-state index in [-0.39, 0.29) is 11.2 Å². The van der Waals surface area contributed by atoms with Crippen molar-refractivity contribution in [2.45, 2.75) is 18.8 Å². The van der Waals surface area contributed by atoms with Gasteiger partial charge in [0.25, 0.3) is 0 Å². The zero-order valence-electron chi connectivity index (χ0n) is 14.2. The SMILES string of the molecule is COC(=O)[C@H]1C[NH+](Cn2nc(Nc3cccc(C)c3)sc2=S)CCS1. The van der Waals surface area contributed by atoms with E-state index in [4.69, 9.17) is 17.0 Å². The first-order valence-electron chi connectivity index (χ1n) is 8.00. The van der Waals surface area contributed by atoms with Crippen LogP contribution in [0.4, 0.5) is 10.8 Å². The van der Waals surface area contributed by atoms with Gasteiger partial charge in [-0.05, 0) is 36.8 Å². The monoisotopic (exact) mass is 397 g/mol. The summed E-state index contributed by atoms with van der Waals surface area (Å²) < 4.78 is 7.45. The number of hydrogen-bond donors (Lipinski definition) is 2. The van der Waals surface area contributed by atoms with Gasteiger partial charge in [-0.3, -0.25) is 4.79 Å². The molecule has 3 rings (SSSR count). The zero-order valence-corrected chi connectivity index (χ0v) is 16.6. The number of thioether (sulfide) groups is 1. The molecular weight excluding hydrogens is 376 g/mol. The van der Waals surface area contributed by atoms with E-state index >= 15 is 0 Å². The van der Waals surface area contributed by atoms with Gasteiger partial charge in [-0.25, -0.2) is 0 Å². The third kappa shape index (κ3) is 4.81. The highest BCUT2D eigenvalue weighted by Gasteiger charge is 2.30. The van der Waals surface area contributed by atoms with Crippen LogP contribution >= 0.6 is 35.3 Å². The molecule has 1 saturated heterocycles. The molecule has 2 heterocycles. The summed E-state index contributed by atoms with van der Waals surface area (Å²) in [5, 5.41) is 8.58. The normalized spacial score (nSPS) is 20.2. The van der Waals surface area contributed by atoms with Crippen molar-refractivity contribution in [2.75, 3.05) is 31.3 Å². The number of esters is 1. The fourth-order valence-electron chi connectivity index (χ4n) is 2.71. The van der Waals surface area contributed by atoms with Gasteiger partial charge in [0.15, 0.2) is 15.9 Å². The molecule has 1 aliphatic rings. The number of nitrogens with one attached hydrogen (secondary N) is 2. The predicted molar refractivity (Wildman–Crippen MR) is 104 cm³/mol. The number of aryl methyl sites for hydroxylation is 1. The van der Waals surface area contributed by atoms with Gasteiger partial charge in [0, 0.05) is 11.4 Å². The number of aromatic nitrogens is 2. The molecule has 1 aromatic heterocycles. The van der Waals surface area contributed by atoms with Crippen LogP contribution in [0, 0.1) is 10.9 Å². The fraction of sp³-hybridized carbons (Fsp3) is 0.438. The minimum Gasteiger partial charge on any atom is -0.468 e. The summed E-state index contributed by atoms with van der Waals surface area (Å²) in [4.78, 5) is 13.0. The second-order valence-corrected chi connectivity index (χ2v) is 8.85. The molecule has 1 fully saturated rings. The van der Waals surface area contributed by atoms with Crippen LogP contribution in [0.2, 0.25) is 0 Å². The number of hydrogen-bond acceptors (Lipinski definition) is 7. The number of methoxy groups -OCH3 is 1. The van der Waals surface area contributed by atoms with E-state index in [2.05, 4.69) is 29.5 Å². The molecule has 1 unspecified atom stereocenters. The number of anilines is 2. The van der Waals surface area contributed by atoms with Crippen LogP contribution in [0.3, 0.4) is 0 Å². The minimum absolute atomic E-state index is 0.105. The topological polar surface area (TPSA) is 60.6 Å². The lowest BCUT2D eigenvalue weighted by Crippen LogP contribution is -3.14. The second-order valence-electron chi connectivity index (χ2n) is 5.91. The van der Waals surface area contributed by atoms with Gasteiger partial charge in [-0.15, -0.1) is 16.9 Å². The molecule has 134 valence electrons. The number of ether oxygens (including phenoxy) is 1. The maximum atomic E-state index is 11.8. The summed E-state index contributed by atoms with van der Waals surface area (Å²) >= 11 is 8.58. The first-order valence-corrected chi connectivity index (χ1v) is 10.3. The Bertz CT molecular complexity index is 805. The van der Waals surface area contributed by atoms with E-state index in [9.17, 15) is 4.79 Å². The summed E-state index contributed by atoms with van der Waals surface area (Å²) in [6, 6.07) is 8.15. The maximum Gasteiger partial charge on any atom is 0.324 e. The van der Waals surface area contributed by atoms with Crippen molar-refractivity contribution >= 4 is 52.1 Å². The van der Waals surface area contributed by atoms with Gasteiger partial charge in [0.1, 0.15) is 6.54 Å². The van der Waals surface area contributed by atoms with Crippen molar-refractivity contribution in [2.24, 2.45) is 0 Å². The molecule has 0 spiro atoms. The molecule has 9 heteroatoms. The van der Waals surface area contributed by atoms with E-state index in [1.807, 2.05) is 16.8 Å². The number of benzene rings is 1. The molecule has 25 heavy (non-hydrogen) atoms. The van der Waals surface area contributed by atoms with Gasteiger partial charge in [-0.1, -0.05) is 23.5 Å². The highest BCUT2D eigenvalue weighted by Crippen LogP contribution is 2.20. The van der Waals surface area contributed by atoms with Crippen molar-refractivity contribution in [1.29, 1.82) is 0 Å². The van der Waals surface area contributed by atoms with Crippen molar-refractivity contribution < 1.29 is 14.4 Å². The molecule has 6 nitrogen and oxygen atoms in total. The molecule has 0 radical (unpaired) electrons. The first kappa shape index (κ1) is 18.4. The second kappa shape index (κ2) is 8.31. The Morgan fingerprint density at radius 2 is 2.40 bits per heavy atom. The van der Waals surface area contributed by atoms with Crippen LogP contribution < -0.4 is 10.2 Å². The maximum absolute atomic E-state index is 11.8. The third-order valence-electron chi connectivity index (χ3n) is 3.96. The molecule has 0 amide bonds. The lowest BCUT2D eigenvalue weighted by atomic mass is 10.2. The van der Waals surface area contributed by atoms with E-state index in [1.165, 1.54) is 28.9 Å². The molecule has 2 atom stereocenters. The Labute approximate surface area is 160 Å². The minimum atomic E-state index is -0.147. The molecule has 0 aliphatic carbocycles. The molecule has 0 bridgehead atoms. The third-order valence-corrected chi connectivity index (χ3v) is 6.39. The fourth-order valence-corrected chi connectivity index (χ4v) is 5.01. The Morgan fingerprint density at radius 3 is 3.16 bits per heavy atom. The summed E-state index contributed by atoms with van der Waals surface area (Å²) in [6.07, 6.45) is 0. The highest BCUT2D eigenvalue weighted by molar-refractivity contribution is 8.00. The number of quaternary nitrogens is 1. The molecule has 1 aliphatic heterocycles. The van der Waals surface area contributed by atoms with E-state index < -0.39 is 0 Å². The van der Waals surface area contributed by atoms with Gasteiger partial charge >= 0.3 is 5.97 Å². The van der Waals surface area contributed by atoms with Crippen LogP contribution in [-0.2, 0) is 16.2 Å². The van der Waals surface area contributed by atoms with Crippen molar-refractivity contribution in [3.05, 3.63) is 33.8 Å². The summed E-state index contributed by atoms with van der Waals surface area (Å²) in [5.74, 6) is 0.784. The van der Waals surface area contributed by atoms with Crippen molar-refractivity contribution in [1.82, 2.24) is 9.78 Å². The Hall–Kier alpha value is -1.42. The average molecular weight is 398 g/mol. The molecule has 1 aromatic carbocycles. The molecule has 2 aromatic rings. The largest absolute Gasteiger partial charge is 0.468 e. The lowest BCUT2D eigenvalue weighted by molar-refractivity contribution is -0.921. The van der Waals surface area contributed by atoms with Gasteiger partial charge in [0.05, 0.1) is 13.7 Å². The number of nitrogens with zero attached hydrogens (tertiary/aromatic N) is 2. The van der Waals surface area contributed by atoms with Crippen LogP contribution in [0.15, 0.2) is 24.3 Å². The summed E-state index contributed by atoms with van der Waals surface area (Å²) in [7, 11) is 1.44. The number of carbonyl (C=O) groups excluding carboxylic acids is 1. The van der Waals surface area contributed by atoms with E-state index in [1.54, 1.807) is 11.8 Å². The van der Waals surface area contributed by atoms with E-state index in [0.29, 0.717) is 6.67 Å². The first-order chi connectivity index (χ1) is 12.0. The van der Waals surface area contributed by atoms with Gasteiger partial charge in [0.2, 0.25) is 5.13 Å².